The van der Waals surface area contributed by atoms with E-state index in [9.17, 15) is 14.4 Å². The molecule has 3 aromatic rings. The van der Waals surface area contributed by atoms with Crippen LogP contribution in [0.5, 0.6) is 5.75 Å². The lowest BCUT2D eigenvalue weighted by Crippen LogP contribution is -2.34. The molecule has 1 aromatic carbocycles. The predicted molar refractivity (Wildman–Crippen MR) is 97.6 cm³/mol. The minimum absolute atomic E-state index is 0.174. The van der Waals surface area contributed by atoms with E-state index in [4.69, 9.17) is 4.74 Å². The van der Waals surface area contributed by atoms with Crippen molar-refractivity contribution in [2.24, 2.45) is 0 Å². The highest BCUT2D eigenvalue weighted by Gasteiger charge is 2.09. The molecule has 2 N–H and O–H groups in total. The number of nitrogens with zero attached hydrogens (tertiary/aromatic N) is 1. The number of thiophene rings is 1. The van der Waals surface area contributed by atoms with Crippen LogP contribution in [-0.2, 0) is 11.3 Å². The van der Waals surface area contributed by atoms with Crippen LogP contribution < -0.4 is 21.3 Å². The second-order valence-corrected chi connectivity index (χ2v) is 6.35. The summed E-state index contributed by atoms with van der Waals surface area (Å²) in [6, 6.07) is 8.71. The Morgan fingerprint density at radius 2 is 2.00 bits per heavy atom. The van der Waals surface area contributed by atoms with Crippen LogP contribution in [-0.4, -0.2) is 22.6 Å². The van der Waals surface area contributed by atoms with Gasteiger partial charge in [0.2, 0.25) is 5.91 Å². The smallest absolute Gasteiger partial charge is 0.328 e. The number of aromatic nitrogens is 2. The van der Waals surface area contributed by atoms with Crippen molar-refractivity contribution in [3.63, 3.8) is 0 Å². The number of H-pyrrole nitrogens is 1. The largest absolute Gasteiger partial charge is 0.497 e. The van der Waals surface area contributed by atoms with Gasteiger partial charge in [-0.15, -0.1) is 11.3 Å². The Bertz CT molecular complexity index is 1000. The number of ether oxygens (including phenoxy) is 1. The lowest BCUT2D eigenvalue weighted by molar-refractivity contribution is -0.116. The number of anilines is 1. The average molecular weight is 359 g/mol. The highest BCUT2D eigenvalue weighted by Crippen LogP contribution is 2.15. The number of benzene rings is 1. The Kier molecular flexibility index (Phi) is 4.99. The molecule has 0 unspecified atom stereocenters. The zero-order valence-electron chi connectivity index (χ0n) is 13.6. The Hall–Kier alpha value is -2.87. The van der Waals surface area contributed by atoms with Crippen LogP contribution in [0.3, 0.4) is 0 Å². The van der Waals surface area contributed by atoms with Crippen molar-refractivity contribution in [3.05, 3.63) is 56.5 Å². The molecule has 0 fully saturated rings. The maximum atomic E-state index is 12.3. The van der Waals surface area contributed by atoms with Crippen molar-refractivity contribution < 1.29 is 9.53 Å². The molecule has 8 heteroatoms. The van der Waals surface area contributed by atoms with Crippen LogP contribution in [0.1, 0.15) is 12.8 Å². The molecule has 0 bridgehead atoms. The fourth-order valence-corrected chi connectivity index (χ4v) is 3.27. The number of methoxy groups -OCH3 is 1. The lowest BCUT2D eigenvalue weighted by atomic mass is 10.2. The Balaban J connectivity index is 1.60. The molecule has 130 valence electrons. The normalized spacial score (nSPS) is 10.8. The van der Waals surface area contributed by atoms with Gasteiger partial charge in [0.15, 0.2) is 0 Å². The number of carbonyl (C=O) groups is 1. The van der Waals surface area contributed by atoms with Gasteiger partial charge >= 0.3 is 5.69 Å². The highest BCUT2D eigenvalue weighted by molar-refractivity contribution is 7.17. The number of nitrogens with one attached hydrogen (secondary N) is 2. The molecule has 0 spiro atoms. The standard InChI is InChI=1S/C17H17N3O4S/c1-24-12-6-4-11(5-7-12)18-14(21)3-2-9-20-16(22)15-13(8-10-25-15)19-17(20)23/h4-8,10H,2-3,9H2,1H3,(H,18,21)(H,19,23). The number of hydrogen-bond acceptors (Lipinski definition) is 5. The molecule has 25 heavy (non-hydrogen) atoms. The van der Waals surface area contributed by atoms with Gasteiger partial charge in [0.05, 0.1) is 12.6 Å². The summed E-state index contributed by atoms with van der Waals surface area (Å²) in [7, 11) is 1.57. The molecular weight excluding hydrogens is 342 g/mol. The molecule has 3 rings (SSSR count). The average Bonchev–Trinajstić information content (AvgIpc) is 3.07. The summed E-state index contributed by atoms with van der Waals surface area (Å²) >= 11 is 1.29. The second-order valence-electron chi connectivity index (χ2n) is 5.43. The topological polar surface area (TPSA) is 93.2 Å². The third-order valence-corrected chi connectivity index (χ3v) is 4.65. The molecule has 0 atom stereocenters. The fraction of sp³-hybridized carbons (Fsp3) is 0.235. The minimum Gasteiger partial charge on any atom is -0.497 e. The predicted octanol–water partition coefficient (Wildman–Crippen LogP) is 2.18. The van der Waals surface area contributed by atoms with Crippen molar-refractivity contribution in [1.82, 2.24) is 9.55 Å². The van der Waals surface area contributed by atoms with Crippen LogP contribution in [0.15, 0.2) is 45.3 Å². The first-order valence-electron chi connectivity index (χ1n) is 7.72. The molecule has 0 saturated heterocycles. The van der Waals surface area contributed by atoms with Gasteiger partial charge in [-0.3, -0.25) is 14.2 Å². The lowest BCUT2D eigenvalue weighted by Gasteiger charge is -2.07. The first-order valence-corrected chi connectivity index (χ1v) is 8.60. The van der Waals surface area contributed by atoms with Crippen molar-refractivity contribution >= 4 is 33.1 Å². The van der Waals surface area contributed by atoms with Gasteiger partial charge in [-0.1, -0.05) is 0 Å². The van der Waals surface area contributed by atoms with Crippen LogP contribution in [0.2, 0.25) is 0 Å². The van der Waals surface area contributed by atoms with E-state index < -0.39 is 5.69 Å². The van der Waals surface area contributed by atoms with Gasteiger partial charge in [0.1, 0.15) is 10.4 Å². The maximum absolute atomic E-state index is 12.3. The van der Waals surface area contributed by atoms with Gasteiger partial charge in [-0.05, 0) is 42.1 Å². The van der Waals surface area contributed by atoms with E-state index >= 15 is 0 Å². The third-order valence-electron chi connectivity index (χ3n) is 3.75. The first-order chi connectivity index (χ1) is 12.1. The van der Waals surface area contributed by atoms with E-state index in [2.05, 4.69) is 10.3 Å². The Morgan fingerprint density at radius 3 is 2.72 bits per heavy atom. The number of fused-ring (bicyclic) bond motifs is 1. The molecule has 0 aliphatic heterocycles. The van der Waals surface area contributed by atoms with E-state index in [1.807, 2.05) is 0 Å². The molecule has 2 aromatic heterocycles. The molecule has 7 nitrogen and oxygen atoms in total. The second kappa shape index (κ2) is 7.35. The van der Waals surface area contributed by atoms with E-state index in [1.165, 1.54) is 11.3 Å². The molecule has 0 saturated carbocycles. The quantitative estimate of drug-likeness (QED) is 0.705. The number of hydrogen-bond donors (Lipinski definition) is 2. The number of amides is 1. The summed E-state index contributed by atoms with van der Waals surface area (Å²) in [5.74, 6) is 0.535. The number of rotatable bonds is 6. The molecule has 0 aliphatic rings. The molecule has 0 aliphatic carbocycles. The van der Waals surface area contributed by atoms with Gasteiger partial charge in [-0.2, -0.15) is 0 Å². The van der Waals surface area contributed by atoms with Gasteiger partial charge in [-0.25, -0.2) is 4.79 Å². The zero-order valence-corrected chi connectivity index (χ0v) is 14.4. The summed E-state index contributed by atoms with van der Waals surface area (Å²) in [6.07, 6.45) is 0.599. The van der Waals surface area contributed by atoms with Crippen LogP contribution >= 0.6 is 11.3 Å². The van der Waals surface area contributed by atoms with Crippen molar-refractivity contribution in [3.8, 4) is 5.75 Å². The van der Waals surface area contributed by atoms with Crippen LogP contribution in [0.4, 0.5) is 5.69 Å². The maximum Gasteiger partial charge on any atom is 0.328 e. The zero-order chi connectivity index (χ0) is 17.8. The summed E-state index contributed by atoms with van der Waals surface area (Å²) in [4.78, 5) is 38.9. The van der Waals surface area contributed by atoms with Crippen LogP contribution in [0, 0.1) is 0 Å². The fourth-order valence-electron chi connectivity index (χ4n) is 2.47. The Labute approximate surface area is 146 Å². The van der Waals surface area contributed by atoms with Crippen molar-refractivity contribution in [1.29, 1.82) is 0 Å². The summed E-state index contributed by atoms with van der Waals surface area (Å²) in [5.41, 5.74) is 0.449. The summed E-state index contributed by atoms with van der Waals surface area (Å²) in [5, 5.41) is 4.53. The van der Waals surface area contributed by atoms with E-state index in [0.717, 1.165) is 4.57 Å². The number of carbonyl (C=O) groups excluding carboxylic acids is 1. The summed E-state index contributed by atoms with van der Waals surface area (Å²) in [6.45, 7) is 0.192. The molecule has 2 heterocycles. The SMILES string of the molecule is COc1ccc(NC(=O)CCCn2c(=O)[nH]c3ccsc3c2=O)cc1. The Morgan fingerprint density at radius 1 is 1.24 bits per heavy atom. The third kappa shape index (κ3) is 3.80. The van der Waals surface area contributed by atoms with E-state index in [1.54, 1.807) is 42.8 Å². The van der Waals surface area contributed by atoms with Gasteiger partial charge in [0, 0.05) is 18.7 Å². The van der Waals surface area contributed by atoms with Crippen molar-refractivity contribution in [2.75, 3.05) is 12.4 Å². The first kappa shape index (κ1) is 17.0. The van der Waals surface area contributed by atoms with Crippen LogP contribution in [0.25, 0.3) is 10.2 Å². The molecular formula is C17H17N3O4S. The monoisotopic (exact) mass is 359 g/mol. The van der Waals surface area contributed by atoms with Gasteiger partial charge in [0.25, 0.3) is 5.56 Å². The highest BCUT2D eigenvalue weighted by atomic mass is 32.1. The minimum atomic E-state index is -0.452. The van der Waals surface area contributed by atoms with E-state index in [-0.39, 0.29) is 24.4 Å². The molecule has 0 radical (unpaired) electrons. The van der Waals surface area contributed by atoms with E-state index in [0.29, 0.717) is 28.1 Å². The number of aromatic amines is 1. The molecule has 1 amide bonds. The van der Waals surface area contributed by atoms with Gasteiger partial charge < -0.3 is 15.0 Å². The summed E-state index contributed by atoms with van der Waals surface area (Å²) < 4.78 is 6.71. The van der Waals surface area contributed by atoms with Crippen molar-refractivity contribution in [2.45, 2.75) is 19.4 Å².